The summed E-state index contributed by atoms with van der Waals surface area (Å²) in [5.74, 6) is 1.07. The molecule has 1 amide bonds. The lowest BCUT2D eigenvalue weighted by molar-refractivity contribution is -0.122. The van der Waals surface area contributed by atoms with E-state index in [1.165, 1.54) is 5.56 Å². The number of carbonyl (C=O) groups is 1. The fraction of sp³-hybridized carbons (Fsp3) is 0.350. The molecule has 0 aliphatic carbocycles. The first-order valence-corrected chi connectivity index (χ1v) is 8.59. The Labute approximate surface area is 148 Å². The van der Waals surface area contributed by atoms with Crippen molar-refractivity contribution in [2.75, 3.05) is 26.7 Å². The fourth-order valence-electron chi connectivity index (χ4n) is 3.40. The largest absolute Gasteiger partial charge is 0.496 e. The zero-order valence-corrected chi connectivity index (χ0v) is 14.5. The van der Waals surface area contributed by atoms with Gasteiger partial charge in [-0.15, -0.1) is 0 Å². The van der Waals surface area contributed by atoms with E-state index >= 15 is 0 Å². The van der Waals surface area contributed by atoms with Gasteiger partial charge in [-0.05, 0) is 11.6 Å². The molecule has 0 radical (unpaired) electrons. The molecule has 0 bridgehead atoms. The Morgan fingerprint density at radius 3 is 2.64 bits per heavy atom. The molecule has 1 aliphatic rings. The number of amides is 1. The second-order valence-electron chi connectivity index (χ2n) is 6.46. The van der Waals surface area contributed by atoms with Crippen molar-refractivity contribution in [3.05, 3.63) is 65.7 Å². The van der Waals surface area contributed by atoms with E-state index in [-0.39, 0.29) is 17.9 Å². The summed E-state index contributed by atoms with van der Waals surface area (Å²) < 4.78 is 5.31. The maximum Gasteiger partial charge on any atom is 0.234 e. The summed E-state index contributed by atoms with van der Waals surface area (Å²) in [6, 6.07) is 18.0. The summed E-state index contributed by atoms with van der Waals surface area (Å²) >= 11 is 0. The molecule has 0 aromatic heterocycles. The molecule has 2 atom stereocenters. The third-order valence-corrected chi connectivity index (χ3v) is 4.70. The lowest BCUT2D eigenvalue weighted by Crippen LogP contribution is -2.37. The number of para-hydroxylation sites is 1. The SMILES string of the molecule is COc1ccccc1CNC(=O)CN1C[C@@H](N)[C@H](c2ccccc2)C1. The van der Waals surface area contributed by atoms with E-state index in [2.05, 4.69) is 22.3 Å². The molecule has 0 unspecified atom stereocenters. The van der Waals surface area contributed by atoms with Gasteiger partial charge in [0.2, 0.25) is 5.91 Å². The van der Waals surface area contributed by atoms with Gasteiger partial charge in [0.05, 0.1) is 13.7 Å². The molecule has 2 aromatic carbocycles. The highest BCUT2D eigenvalue weighted by Gasteiger charge is 2.31. The number of nitrogens with two attached hydrogens (primary N) is 1. The van der Waals surface area contributed by atoms with E-state index in [0.29, 0.717) is 13.1 Å². The van der Waals surface area contributed by atoms with Crippen molar-refractivity contribution in [1.82, 2.24) is 10.2 Å². The van der Waals surface area contributed by atoms with E-state index in [1.54, 1.807) is 7.11 Å². The van der Waals surface area contributed by atoms with Crippen molar-refractivity contribution in [3.8, 4) is 5.75 Å². The summed E-state index contributed by atoms with van der Waals surface area (Å²) in [5.41, 5.74) is 8.50. The first-order valence-electron chi connectivity index (χ1n) is 8.59. The average Bonchev–Trinajstić information content (AvgIpc) is 3.01. The number of rotatable bonds is 6. The van der Waals surface area contributed by atoms with Crippen LogP contribution in [0.25, 0.3) is 0 Å². The number of carbonyl (C=O) groups excluding carboxylic acids is 1. The summed E-state index contributed by atoms with van der Waals surface area (Å²) in [7, 11) is 1.63. The van der Waals surface area contributed by atoms with E-state index < -0.39 is 0 Å². The molecule has 0 saturated carbocycles. The van der Waals surface area contributed by atoms with E-state index in [0.717, 1.165) is 24.4 Å². The second-order valence-corrected chi connectivity index (χ2v) is 6.46. The molecule has 25 heavy (non-hydrogen) atoms. The van der Waals surface area contributed by atoms with Gasteiger partial charge < -0.3 is 15.8 Å². The highest BCUT2D eigenvalue weighted by molar-refractivity contribution is 5.78. The van der Waals surface area contributed by atoms with Crippen molar-refractivity contribution < 1.29 is 9.53 Å². The molecular weight excluding hydrogens is 314 g/mol. The van der Waals surface area contributed by atoms with Crippen LogP contribution in [-0.2, 0) is 11.3 Å². The average molecular weight is 339 g/mol. The van der Waals surface area contributed by atoms with E-state index in [1.807, 2.05) is 42.5 Å². The molecular formula is C20H25N3O2. The van der Waals surface area contributed by atoms with Gasteiger partial charge in [-0.3, -0.25) is 9.69 Å². The van der Waals surface area contributed by atoms with Crippen molar-refractivity contribution in [2.45, 2.75) is 18.5 Å². The maximum absolute atomic E-state index is 12.3. The predicted octanol–water partition coefficient (Wildman–Crippen LogP) is 1.74. The number of methoxy groups -OCH3 is 1. The fourth-order valence-corrected chi connectivity index (χ4v) is 3.40. The molecule has 1 aliphatic heterocycles. The minimum Gasteiger partial charge on any atom is -0.496 e. The molecule has 1 heterocycles. The minimum atomic E-state index is 0.00631. The minimum absolute atomic E-state index is 0.00631. The smallest absolute Gasteiger partial charge is 0.234 e. The van der Waals surface area contributed by atoms with Crippen LogP contribution in [0.1, 0.15) is 17.0 Å². The Hall–Kier alpha value is -2.37. The Bertz CT molecular complexity index is 705. The number of likely N-dealkylation sites (tertiary alicyclic amines) is 1. The zero-order chi connectivity index (χ0) is 17.6. The van der Waals surface area contributed by atoms with Gasteiger partial charge in [-0.25, -0.2) is 0 Å². The van der Waals surface area contributed by atoms with Crippen LogP contribution in [0.15, 0.2) is 54.6 Å². The van der Waals surface area contributed by atoms with Gasteiger partial charge in [0.25, 0.3) is 0 Å². The molecule has 5 nitrogen and oxygen atoms in total. The molecule has 0 spiro atoms. The van der Waals surface area contributed by atoms with Crippen molar-refractivity contribution in [1.29, 1.82) is 0 Å². The summed E-state index contributed by atoms with van der Waals surface area (Å²) in [6.07, 6.45) is 0. The first kappa shape index (κ1) is 17.5. The van der Waals surface area contributed by atoms with Crippen LogP contribution < -0.4 is 15.8 Å². The van der Waals surface area contributed by atoms with Crippen LogP contribution in [0.4, 0.5) is 0 Å². The number of hydrogen-bond acceptors (Lipinski definition) is 4. The van der Waals surface area contributed by atoms with Crippen LogP contribution in [-0.4, -0.2) is 43.6 Å². The van der Waals surface area contributed by atoms with Gasteiger partial charge >= 0.3 is 0 Å². The number of hydrogen-bond donors (Lipinski definition) is 2. The highest BCUT2D eigenvalue weighted by atomic mass is 16.5. The van der Waals surface area contributed by atoms with Gasteiger partial charge in [-0.1, -0.05) is 48.5 Å². The Kier molecular flexibility index (Phi) is 5.68. The third kappa shape index (κ3) is 4.38. The lowest BCUT2D eigenvalue weighted by atomic mass is 9.95. The summed E-state index contributed by atoms with van der Waals surface area (Å²) in [4.78, 5) is 14.4. The van der Waals surface area contributed by atoms with Gasteiger partial charge in [-0.2, -0.15) is 0 Å². The number of nitrogens with zero attached hydrogens (tertiary/aromatic N) is 1. The lowest BCUT2D eigenvalue weighted by Gasteiger charge is -2.16. The Balaban J connectivity index is 1.52. The van der Waals surface area contributed by atoms with Gasteiger partial charge in [0.1, 0.15) is 5.75 Å². The molecule has 1 saturated heterocycles. The number of benzene rings is 2. The standard InChI is InChI=1S/C20H25N3O2/c1-25-19-10-6-5-9-16(19)11-22-20(24)14-23-12-17(18(21)13-23)15-7-3-2-4-8-15/h2-10,17-18H,11-14,21H2,1H3,(H,22,24)/t17-,18+/m0/s1. The molecule has 1 fully saturated rings. The molecule has 2 aromatic rings. The summed E-state index contributed by atoms with van der Waals surface area (Å²) in [5, 5.41) is 2.97. The number of nitrogens with one attached hydrogen (secondary N) is 1. The highest BCUT2D eigenvalue weighted by Crippen LogP contribution is 2.26. The Morgan fingerprint density at radius 2 is 1.88 bits per heavy atom. The van der Waals surface area contributed by atoms with Crippen LogP contribution in [0.5, 0.6) is 5.75 Å². The first-order chi connectivity index (χ1) is 12.2. The van der Waals surface area contributed by atoms with Crippen LogP contribution >= 0.6 is 0 Å². The van der Waals surface area contributed by atoms with Crippen molar-refractivity contribution in [2.24, 2.45) is 5.73 Å². The van der Waals surface area contributed by atoms with Crippen molar-refractivity contribution >= 4 is 5.91 Å². The normalized spacial score (nSPS) is 20.4. The zero-order valence-electron chi connectivity index (χ0n) is 14.5. The molecule has 132 valence electrons. The summed E-state index contributed by atoms with van der Waals surface area (Å²) in [6.45, 7) is 2.38. The van der Waals surface area contributed by atoms with Gasteiger partial charge in [0.15, 0.2) is 0 Å². The number of ether oxygens (including phenoxy) is 1. The Morgan fingerprint density at radius 1 is 1.16 bits per heavy atom. The van der Waals surface area contributed by atoms with Crippen LogP contribution in [0, 0.1) is 0 Å². The molecule has 5 heteroatoms. The van der Waals surface area contributed by atoms with E-state index in [4.69, 9.17) is 10.5 Å². The third-order valence-electron chi connectivity index (χ3n) is 4.70. The molecule has 3 rings (SSSR count). The molecule has 3 N–H and O–H groups in total. The van der Waals surface area contributed by atoms with Crippen molar-refractivity contribution in [3.63, 3.8) is 0 Å². The topological polar surface area (TPSA) is 67.6 Å². The maximum atomic E-state index is 12.3. The second kappa shape index (κ2) is 8.14. The predicted molar refractivity (Wildman–Crippen MR) is 98.4 cm³/mol. The van der Waals surface area contributed by atoms with E-state index in [9.17, 15) is 4.79 Å². The van der Waals surface area contributed by atoms with Gasteiger partial charge in [0, 0.05) is 37.2 Å². The van der Waals surface area contributed by atoms with Crippen LogP contribution in [0.2, 0.25) is 0 Å². The monoisotopic (exact) mass is 339 g/mol. The quantitative estimate of drug-likeness (QED) is 0.841. The van der Waals surface area contributed by atoms with Crippen LogP contribution in [0.3, 0.4) is 0 Å².